The molecule has 0 bridgehead atoms. The summed E-state index contributed by atoms with van der Waals surface area (Å²) < 4.78 is 0. The van der Waals surface area contributed by atoms with Gasteiger partial charge in [-0.25, -0.2) is 0 Å². The van der Waals surface area contributed by atoms with Gasteiger partial charge in [-0.2, -0.15) is 0 Å². The predicted octanol–water partition coefficient (Wildman–Crippen LogP) is -0.0441. The van der Waals surface area contributed by atoms with E-state index < -0.39 is 24.9 Å². The van der Waals surface area contributed by atoms with Gasteiger partial charge < -0.3 is 30.5 Å². The van der Waals surface area contributed by atoms with E-state index in [1.165, 1.54) is 0 Å². The molecular weight excluding hydrogens is 300 g/mol. The van der Waals surface area contributed by atoms with E-state index in [0.29, 0.717) is 11.2 Å². The average Bonchev–Trinajstić information content (AvgIpc) is 2.97. The molecule has 0 aliphatic rings. The highest BCUT2D eigenvalue weighted by molar-refractivity contribution is 6.08. The van der Waals surface area contributed by atoms with Crippen molar-refractivity contribution in [3.05, 3.63) is 41.7 Å². The number of aliphatic hydroxyl groups is 5. The first-order valence-corrected chi connectivity index (χ1v) is 7.23. The van der Waals surface area contributed by atoms with E-state index in [-0.39, 0.29) is 12.3 Å². The van der Waals surface area contributed by atoms with Crippen molar-refractivity contribution in [2.45, 2.75) is 24.9 Å². The minimum Gasteiger partial charge on any atom is -0.394 e. The molecule has 2 aromatic heterocycles. The van der Waals surface area contributed by atoms with Gasteiger partial charge in [-0.3, -0.25) is 4.98 Å². The SMILES string of the molecule is OCc1cc2c([nH]c3ccccc32)c([C@H](O)[C@@H](O)[C@H](O)CO)n1. The minimum atomic E-state index is -1.60. The Hall–Kier alpha value is -2.03. The molecule has 7 heteroatoms. The molecule has 0 spiro atoms. The molecule has 0 saturated carbocycles. The van der Waals surface area contributed by atoms with Gasteiger partial charge in [0.1, 0.15) is 18.3 Å². The van der Waals surface area contributed by atoms with E-state index in [0.717, 1.165) is 16.3 Å². The Morgan fingerprint density at radius 1 is 1.04 bits per heavy atom. The second kappa shape index (κ2) is 6.23. The molecule has 3 aromatic rings. The number of aliphatic hydroxyl groups excluding tert-OH is 5. The number of nitrogens with one attached hydrogen (secondary N) is 1. The lowest BCUT2D eigenvalue weighted by molar-refractivity contribution is -0.0785. The monoisotopic (exact) mass is 318 g/mol. The third-order valence-electron chi connectivity index (χ3n) is 3.92. The first kappa shape index (κ1) is 15.9. The van der Waals surface area contributed by atoms with Crippen LogP contribution in [0.25, 0.3) is 21.8 Å². The number of H-pyrrole nitrogens is 1. The summed E-state index contributed by atoms with van der Waals surface area (Å²) in [6.07, 6.45) is -4.61. The van der Waals surface area contributed by atoms with E-state index in [2.05, 4.69) is 9.97 Å². The summed E-state index contributed by atoms with van der Waals surface area (Å²) in [7, 11) is 0. The van der Waals surface area contributed by atoms with Crippen molar-refractivity contribution >= 4 is 21.8 Å². The summed E-state index contributed by atoms with van der Waals surface area (Å²) in [6, 6.07) is 9.19. The maximum Gasteiger partial charge on any atom is 0.126 e. The summed E-state index contributed by atoms with van der Waals surface area (Å²) >= 11 is 0. The van der Waals surface area contributed by atoms with Crippen LogP contribution in [0.2, 0.25) is 0 Å². The zero-order valence-corrected chi connectivity index (χ0v) is 12.2. The van der Waals surface area contributed by atoms with Crippen LogP contribution in [0, 0.1) is 0 Å². The van der Waals surface area contributed by atoms with Crippen molar-refractivity contribution in [3.63, 3.8) is 0 Å². The Balaban J connectivity index is 2.22. The number of nitrogens with zero attached hydrogens (tertiary/aromatic N) is 1. The van der Waals surface area contributed by atoms with Gasteiger partial charge in [-0.15, -0.1) is 0 Å². The van der Waals surface area contributed by atoms with E-state index in [4.69, 9.17) is 5.11 Å². The first-order valence-electron chi connectivity index (χ1n) is 7.23. The normalized spacial score (nSPS) is 15.9. The smallest absolute Gasteiger partial charge is 0.126 e. The van der Waals surface area contributed by atoms with E-state index in [1.807, 2.05) is 24.3 Å². The van der Waals surface area contributed by atoms with Crippen LogP contribution in [0.3, 0.4) is 0 Å². The number of benzene rings is 1. The average molecular weight is 318 g/mol. The summed E-state index contributed by atoms with van der Waals surface area (Å²) in [5.41, 5.74) is 1.79. The fourth-order valence-corrected chi connectivity index (χ4v) is 2.70. The maximum atomic E-state index is 10.3. The second-order valence-electron chi connectivity index (χ2n) is 5.44. The van der Waals surface area contributed by atoms with Crippen molar-refractivity contribution in [3.8, 4) is 0 Å². The lowest BCUT2D eigenvalue weighted by Gasteiger charge is -2.21. The van der Waals surface area contributed by atoms with Crippen molar-refractivity contribution in [1.29, 1.82) is 0 Å². The molecule has 3 rings (SSSR count). The number of aromatic amines is 1. The molecule has 2 heterocycles. The molecule has 0 amide bonds. The molecule has 122 valence electrons. The van der Waals surface area contributed by atoms with Gasteiger partial charge in [0, 0.05) is 16.3 Å². The Morgan fingerprint density at radius 2 is 1.78 bits per heavy atom. The molecule has 3 atom stereocenters. The minimum absolute atomic E-state index is 0.114. The molecule has 0 saturated heterocycles. The summed E-state index contributed by atoms with van der Waals surface area (Å²) in [4.78, 5) is 7.30. The number of hydrogen-bond donors (Lipinski definition) is 6. The molecule has 0 radical (unpaired) electrons. The zero-order chi connectivity index (χ0) is 16.6. The van der Waals surface area contributed by atoms with E-state index in [9.17, 15) is 20.4 Å². The van der Waals surface area contributed by atoms with Crippen LogP contribution in [-0.2, 0) is 6.61 Å². The van der Waals surface area contributed by atoms with Crippen molar-refractivity contribution in [2.24, 2.45) is 0 Å². The van der Waals surface area contributed by atoms with E-state index in [1.54, 1.807) is 6.07 Å². The van der Waals surface area contributed by atoms with Crippen LogP contribution in [0.5, 0.6) is 0 Å². The fourth-order valence-electron chi connectivity index (χ4n) is 2.70. The van der Waals surface area contributed by atoms with Crippen molar-refractivity contribution < 1.29 is 25.5 Å². The van der Waals surface area contributed by atoms with Crippen LogP contribution in [0.4, 0.5) is 0 Å². The summed E-state index contributed by atoms with van der Waals surface area (Å²) in [5, 5.41) is 49.8. The number of hydrogen-bond acceptors (Lipinski definition) is 6. The molecule has 0 aliphatic heterocycles. The van der Waals surface area contributed by atoms with Gasteiger partial charge in [-0.05, 0) is 12.1 Å². The Bertz CT molecular complexity index is 832. The molecule has 1 aromatic carbocycles. The molecule has 7 nitrogen and oxygen atoms in total. The third-order valence-corrected chi connectivity index (χ3v) is 3.92. The molecular formula is C16H18N2O5. The highest BCUT2D eigenvalue weighted by atomic mass is 16.4. The van der Waals surface area contributed by atoms with Gasteiger partial charge >= 0.3 is 0 Å². The highest BCUT2D eigenvalue weighted by Gasteiger charge is 2.29. The number of fused-ring (bicyclic) bond motifs is 3. The predicted molar refractivity (Wildman–Crippen MR) is 83.6 cm³/mol. The topological polar surface area (TPSA) is 130 Å². The number of para-hydroxylation sites is 1. The van der Waals surface area contributed by atoms with Crippen molar-refractivity contribution in [2.75, 3.05) is 6.61 Å². The van der Waals surface area contributed by atoms with Gasteiger partial charge in [0.05, 0.1) is 30.1 Å². The van der Waals surface area contributed by atoms with Gasteiger partial charge in [0.2, 0.25) is 0 Å². The zero-order valence-electron chi connectivity index (χ0n) is 12.2. The maximum absolute atomic E-state index is 10.3. The van der Waals surface area contributed by atoms with Gasteiger partial charge in [-0.1, -0.05) is 18.2 Å². The van der Waals surface area contributed by atoms with Crippen LogP contribution >= 0.6 is 0 Å². The molecule has 0 fully saturated rings. The third kappa shape index (κ3) is 2.69. The van der Waals surface area contributed by atoms with Gasteiger partial charge in [0.25, 0.3) is 0 Å². The number of rotatable bonds is 5. The Labute approximate surface area is 131 Å². The Morgan fingerprint density at radius 3 is 2.48 bits per heavy atom. The summed E-state index contributed by atoms with van der Waals surface area (Å²) in [6.45, 7) is -1.01. The fraction of sp³-hybridized carbons (Fsp3) is 0.312. The van der Waals surface area contributed by atoms with E-state index >= 15 is 0 Å². The number of aromatic nitrogens is 2. The first-order chi connectivity index (χ1) is 11.1. The van der Waals surface area contributed by atoms with Crippen molar-refractivity contribution in [1.82, 2.24) is 9.97 Å². The van der Waals surface area contributed by atoms with Crippen LogP contribution in [0.1, 0.15) is 17.5 Å². The largest absolute Gasteiger partial charge is 0.394 e. The van der Waals surface area contributed by atoms with Crippen LogP contribution in [-0.4, -0.2) is 54.3 Å². The second-order valence-corrected chi connectivity index (χ2v) is 5.44. The van der Waals surface area contributed by atoms with Crippen LogP contribution in [0.15, 0.2) is 30.3 Å². The standard InChI is InChI=1S/C16H18N2O5/c19-6-8-5-10-9-3-1-2-4-11(9)18-13(10)14(17-8)16(23)15(22)12(21)7-20/h1-5,12,15-16,18-23H,6-7H2/t12-,15+,16+/m1/s1. The lowest BCUT2D eigenvalue weighted by atomic mass is 10.0. The molecule has 6 N–H and O–H groups in total. The molecule has 0 aliphatic carbocycles. The van der Waals surface area contributed by atoms with Crippen LogP contribution < -0.4 is 0 Å². The molecule has 23 heavy (non-hydrogen) atoms. The lowest BCUT2D eigenvalue weighted by Crippen LogP contribution is -2.35. The Kier molecular flexibility index (Phi) is 4.29. The quantitative estimate of drug-likeness (QED) is 0.391. The highest BCUT2D eigenvalue weighted by Crippen LogP contribution is 2.31. The van der Waals surface area contributed by atoms with Gasteiger partial charge in [0.15, 0.2) is 0 Å². The molecule has 0 unspecified atom stereocenters. The number of pyridine rings is 1. The summed E-state index contributed by atoms with van der Waals surface area (Å²) in [5.74, 6) is 0.